The highest BCUT2D eigenvalue weighted by Crippen LogP contribution is 2.37. The van der Waals surface area contributed by atoms with Crippen molar-refractivity contribution in [1.82, 2.24) is 0 Å². The van der Waals surface area contributed by atoms with E-state index in [-0.39, 0.29) is 5.91 Å². The van der Waals surface area contributed by atoms with Gasteiger partial charge in [0.25, 0.3) is 0 Å². The van der Waals surface area contributed by atoms with Crippen LogP contribution in [0.5, 0.6) is 0 Å². The van der Waals surface area contributed by atoms with E-state index in [9.17, 15) is 4.79 Å². The second kappa shape index (κ2) is 7.69. The first-order chi connectivity index (χ1) is 12.8. The van der Waals surface area contributed by atoms with Gasteiger partial charge in [-0.3, -0.25) is 4.79 Å². The Morgan fingerprint density at radius 3 is 1.70 bits per heavy atom. The molecule has 0 heterocycles. The van der Waals surface area contributed by atoms with Crippen LogP contribution in [0.2, 0.25) is 0 Å². The molecule has 3 aromatic rings. The summed E-state index contributed by atoms with van der Waals surface area (Å²) in [5.74, 6) is 0.0297. The van der Waals surface area contributed by atoms with Crippen LogP contribution in [-0.4, -0.2) is 13.0 Å². The first-order valence-corrected chi connectivity index (χ1v) is 9.80. The minimum Gasteiger partial charge on any atom is -0.313 e. The van der Waals surface area contributed by atoms with E-state index < -0.39 is 5.41 Å². The molecule has 0 saturated carbocycles. The van der Waals surface area contributed by atoms with E-state index in [0.29, 0.717) is 0 Å². The lowest BCUT2D eigenvalue weighted by Crippen LogP contribution is -2.44. The van der Waals surface area contributed by atoms with Gasteiger partial charge in [-0.1, -0.05) is 71.8 Å². The number of benzene rings is 3. The molecule has 0 radical (unpaired) electrons. The number of rotatable bonds is 4. The van der Waals surface area contributed by atoms with Gasteiger partial charge in [-0.2, -0.15) is 0 Å². The lowest BCUT2D eigenvalue weighted by atomic mass is 9.74. The number of amides is 1. The van der Waals surface area contributed by atoms with E-state index in [0.717, 1.165) is 21.3 Å². The fourth-order valence-electron chi connectivity index (χ4n) is 3.36. The number of hydrogen-bond donors (Lipinski definition) is 0. The zero-order valence-corrected chi connectivity index (χ0v) is 17.7. The second-order valence-corrected chi connectivity index (χ2v) is 8.03. The number of aryl methyl sites for hydroxylation is 2. The molecule has 27 heavy (non-hydrogen) atoms. The fraction of sp³-hybridized carbons (Fsp3) is 0.208. The third-order valence-corrected chi connectivity index (χ3v) is 5.87. The highest BCUT2D eigenvalue weighted by molar-refractivity contribution is 9.10. The summed E-state index contributed by atoms with van der Waals surface area (Å²) in [6.45, 7) is 6.13. The van der Waals surface area contributed by atoms with Gasteiger partial charge in [0.15, 0.2) is 0 Å². The number of para-hydroxylation sites is 1. The lowest BCUT2D eigenvalue weighted by molar-refractivity contribution is -0.122. The molecule has 0 aliphatic rings. The zero-order valence-electron chi connectivity index (χ0n) is 16.2. The number of likely N-dealkylation sites (N-methyl/N-ethyl adjacent to an activating group) is 1. The number of hydrogen-bond acceptors (Lipinski definition) is 1. The molecule has 1 amide bonds. The predicted octanol–water partition coefficient (Wildman–Crippen LogP) is 6.03. The minimum absolute atomic E-state index is 0.0297. The van der Waals surface area contributed by atoms with Crippen molar-refractivity contribution in [2.75, 3.05) is 11.9 Å². The quantitative estimate of drug-likeness (QED) is 0.502. The van der Waals surface area contributed by atoms with Crippen molar-refractivity contribution in [3.63, 3.8) is 0 Å². The Morgan fingerprint density at radius 1 is 0.815 bits per heavy atom. The van der Waals surface area contributed by atoms with Crippen LogP contribution in [0.15, 0.2) is 77.3 Å². The summed E-state index contributed by atoms with van der Waals surface area (Å²) in [7, 11) is 1.84. The van der Waals surface area contributed by atoms with Crippen molar-refractivity contribution < 1.29 is 4.79 Å². The van der Waals surface area contributed by atoms with Gasteiger partial charge in [-0.25, -0.2) is 0 Å². The highest BCUT2D eigenvalue weighted by atomic mass is 79.9. The molecule has 0 saturated heterocycles. The third-order valence-electron chi connectivity index (χ3n) is 5.20. The van der Waals surface area contributed by atoms with Crippen molar-refractivity contribution in [1.29, 1.82) is 0 Å². The monoisotopic (exact) mass is 421 g/mol. The van der Waals surface area contributed by atoms with E-state index in [1.165, 1.54) is 11.1 Å². The van der Waals surface area contributed by atoms with Crippen LogP contribution in [0.25, 0.3) is 0 Å². The van der Waals surface area contributed by atoms with E-state index in [2.05, 4.69) is 78.3 Å². The van der Waals surface area contributed by atoms with Crippen molar-refractivity contribution in [2.24, 2.45) is 0 Å². The predicted molar refractivity (Wildman–Crippen MR) is 116 cm³/mol. The first-order valence-electron chi connectivity index (χ1n) is 9.01. The van der Waals surface area contributed by atoms with Gasteiger partial charge in [-0.15, -0.1) is 0 Å². The maximum Gasteiger partial charge on any atom is 0.241 e. The molecule has 0 N–H and O–H groups in total. The maximum absolute atomic E-state index is 13.8. The van der Waals surface area contributed by atoms with Crippen LogP contribution in [0.1, 0.15) is 29.2 Å². The molecule has 3 aromatic carbocycles. The molecular weight excluding hydrogens is 398 g/mol. The maximum atomic E-state index is 13.8. The average molecular weight is 422 g/mol. The molecule has 0 atom stereocenters. The van der Waals surface area contributed by atoms with Crippen molar-refractivity contribution >= 4 is 27.5 Å². The molecule has 0 aromatic heterocycles. The summed E-state index contributed by atoms with van der Waals surface area (Å²) < 4.78 is 0.899. The van der Waals surface area contributed by atoms with Crippen molar-refractivity contribution in [3.05, 3.63) is 99.5 Å². The summed E-state index contributed by atoms with van der Waals surface area (Å²) in [5, 5.41) is 0. The molecule has 3 rings (SSSR count). The second-order valence-electron chi connectivity index (χ2n) is 7.17. The number of nitrogens with zero attached hydrogens (tertiary/aromatic N) is 1. The highest BCUT2D eigenvalue weighted by Gasteiger charge is 2.39. The molecule has 0 unspecified atom stereocenters. The van der Waals surface area contributed by atoms with Gasteiger partial charge < -0.3 is 4.90 Å². The van der Waals surface area contributed by atoms with E-state index >= 15 is 0 Å². The lowest BCUT2D eigenvalue weighted by Gasteiger charge is -2.34. The van der Waals surface area contributed by atoms with E-state index in [4.69, 9.17) is 0 Å². The first kappa shape index (κ1) is 19.4. The SMILES string of the molecule is Cc1ccc(C(C)(C(=O)N(C)c2ccccc2Br)c2ccc(C)cc2)cc1. The molecule has 138 valence electrons. The molecule has 0 bridgehead atoms. The topological polar surface area (TPSA) is 20.3 Å². The molecule has 0 fully saturated rings. The summed E-state index contributed by atoms with van der Waals surface area (Å²) in [4.78, 5) is 15.5. The average Bonchev–Trinajstić information content (AvgIpc) is 2.68. The van der Waals surface area contributed by atoms with Crippen LogP contribution < -0.4 is 4.90 Å². The van der Waals surface area contributed by atoms with Gasteiger partial charge in [0.05, 0.1) is 11.1 Å². The molecular formula is C24H24BrNO. The Morgan fingerprint density at radius 2 is 1.26 bits per heavy atom. The Kier molecular flexibility index (Phi) is 5.52. The summed E-state index contributed by atoms with van der Waals surface area (Å²) in [6.07, 6.45) is 0. The Bertz CT molecular complexity index is 899. The molecule has 0 aliphatic heterocycles. The summed E-state index contributed by atoms with van der Waals surface area (Å²) >= 11 is 3.57. The zero-order chi connectivity index (χ0) is 19.6. The number of anilines is 1. The normalized spacial score (nSPS) is 11.3. The molecule has 3 heteroatoms. The smallest absolute Gasteiger partial charge is 0.241 e. The van der Waals surface area contributed by atoms with Gasteiger partial charge in [0.2, 0.25) is 5.91 Å². The van der Waals surface area contributed by atoms with Gasteiger partial charge in [0, 0.05) is 11.5 Å². The standard InChI is InChI=1S/C24H24BrNO/c1-17-9-13-19(14-10-17)24(3,20-15-11-18(2)12-16-20)23(27)26(4)22-8-6-5-7-21(22)25/h5-16H,1-4H3. The van der Waals surface area contributed by atoms with E-state index in [1.807, 2.05) is 38.2 Å². The number of carbonyl (C=O) groups excluding carboxylic acids is 1. The van der Waals surface area contributed by atoms with Crippen LogP contribution in [0, 0.1) is 13.8 Å². The van der Waals surface area contributed by atoms with Crippen molar-refractivity contribution in [3.8, 4) is 0 Å². The van der Waals surface area contributed by atoms with E-state index in [1.54, 1.807) is 4.90 Å². The number of carbonyl (C=O) groups is 1. The fourth-order valence-corrected chi connectivity index (χ4v) is 3.91. The summed E-state index contributed by atoms with van der Waals surface area (Å²) in [5.41, 5.74) is 4.40. The minimum atomic E-state index is -0.786. The van der Waals surface area contributed by atoms with Crippen molar-refractivity contribution in [2.45, 2.75) is 26.2 Å². The molecule has 0 spiro atoms. The van der Waals surface area contributed by atoms with Gasteiger partial charge in [0.1, 0.15) is 0 Å². The van der Waals surface area contributed by atoms with Crippen LogP contribution >= 0.6 is 15.9 Å². The largest absolute Gasteiger partial charge is 0.313 e. The molecule has 2 nitrogen and oxygen atoms in total. The number of halogens is 1. The Balaban J connectivity index is 2.14. The Hall–Kier alpha value is -2.39. The van der Waals surface area contributed by atoms with Crippen LogP contribution in [0.3, 0.4) is 0 Å². The van der Waals surface area contributed by atoms with Gasteiger partial charge >= 0.3 is 0 Å². The van der Waals surface area contributed by atoms with Gasteiger partial charge in [-0.05, 0) is 60.0 Å². The third kappa shape index (κ3) is 3.70. The Labute approximate surface area is 170 Å². The summed E-state index contributed by atoms with van der Waals surface area (Å²) in [6, 6.07) is 24.3. The van der Waals surface area contributed by atoms with Crippen LogP contribution in [-0.2, 0) is 10.2 Å². The van der Waals surface area contributed by atoms with Crippen LogP contribution in [0.4, 0.5) is 5.69 Å². The molecule has 0 aliphatic carbocycles.